The average Bonchev–Trinajstić information content (AvgIpc) is 2.20. The van der Waals surface area contributed by atoms with E-state index in [0.717, 1.165) is 22.0 Å². The molecule has 1 aromatic carbocycles. The molecule has 76 valence electrons. The summed E-state index contributed by atoms with van der Waals surface area (Å²) in [6, 6.07) is 3.85. The van der Waals surface area contributed by atoms with E-state index in [9.17, 15) is 4.39 Å². The highest BCUT2D eigenvalue weighted by Crippen LogP contribution is 2.21. The fraction of sp³-hybridized carbons (Fsp3) is 0.333. The van der Waals surface area contributed by atoms with Gasteiger partial charge in [-0.3, -0.25) is 0 Å². The first-order valence-electron chi connectivity index (χ1n) is 4.84. The lowest BCUT2D eigenvalue weighted by Crippen LogP contribution is -1.93. The van der Waals surface area contributed by atoms with Crippen molar-refractivity contribution in [2.75, 3.05) is 0 Å². The summed E-state index contributed by atoms with van der Waals surface area (Å²) in [6.45, 7) is 4.08. The smallest absolute Gasteiger partial charge is 0.143 e. The molecule has 0 fully saturated rings. The molecule has 0 atom stereocenters. The number of allylic oxidation sites excluding steroid dienone is 1. The highest BCUT2D eigenvalue weighted by Gasteiger charge is 2.07. The largest absolute Gasteiger partial charge is 0.205 e. The van der Waals surface area contributed by atoms with E-state index >= 15 is 0 Å². The minimum absolute atomic E-state index is 0.0883. The molecule has 0 unspecified atom stereocenters. The number of hydrogen-bond acceptors (Lipinski definition) is 0. The molecule has 0 aliphatic rings. The summed E-state index contributed by atoms with van der Waals surface area (Å²) in [5.41, 5.74) is 1.77. The van der Waals surface area contributed by atoms with E-state index in [1.54, 1.807) is 0 Å². The van der Waals surface area contributed by atoms with Crippen molar-refractivity contribution in [2.45, 2.75) is 26.7 Å². The van der Waals surface area contributed by atoms with E-state index in [2.05, 4.69) is 22.6 Å². The Morgan fingerprint density at radius 3 is 2.64 bits per heavy atom. The number of aryl methyl sites for hydroxylation is 1. The zero-order chi connectivity index (χ0) is 10.6. The van der Waals surface area contributed by atoms with Gasteiger partial charge in [0.05, 0.1) is 3.57 Å². The summed E-state index contributed by atoms with van der Waals surface area (Å²) in [6.07, 6.45) is 5.63. The van der Waals surface area contributed by atoms with E-state index in [1.807, 2.05) is 38.1 Å². The zero-order valence-electron chi connectivity index (χ0n) is 8.48. The van der Waals surface area contributed by atoms with E-state index in [1.165, 1.54) is 0 Å². The van der Waals surface area contributed by atoms with Gasteiger partial charge in [-0.25, -0.2) is 4.39 Å². The van der Waals surface area contributed by atoms with Gasteiger partial charge in [0, 0.05) is 5.56 Å². The molecule has 1 rings (SSSR count). The maximum absolute atomic E-state index is 13.7. The molecule has 0 nitrogen and oxygen atoms in total. The van der Waals surface area contributed by atoms with Crippen molar-refractivity contribution in [3.63, 3.8) is 0 Å². The van der Waals surface area contributed by atoms with Crippen LogP contribution in [0.1, 0.15) is 31.4 Å². The number of hydrogen-bond donors (Lipinski definition) is 0. The molecule has 0 spiro atoms. The van der Waals surface area contributed by atoms with Crippen molar-refractivity contribution < 1.29 is 4.39 Å². The number of rotatable bonds is 3. The van der Waals surface area contributed by atoms with Gasteiger partial charge < -0.3 is 0 Å². The highest BCUT2D eigenvalue weighted by molar-refractivity contribution is 14.1. The standard InChI is InChI=1S/C12H14FI/c1-3-5-6-10-8-7-9(4-2)12(14)11(10)13/h5-8H,3-4H2,1-2H3. The lowest BCUT2D eigenvalue weighted by molar-refractivity contribution is 0.615. The second-order valence-electron chi connectivity index (χ2n) is 3.11. The normalized spacial score (nSPS) is 11.1. The molecule has 14 heavy (non-hydrogen) atoms. The fourth-order valence-electron chi connectivity index (χ4n) is 1.25. The molecule has 1 aromatic rings. The van der Waals surface area contributed by atoms with Gasteiger partial charge in [-0.15, -0.1) is 0 Å². The first-order valence-corrected chi connectivity index (χ1v) is 5.92. The zero-order valence-corrected chi connectivity index (χ0v) is 10.6. The molecule has 0 aliphatic heterocycles. The topological polar surface area (TPSA) is 0 Å². The van der Waals surface area contributed by atoms with Crippen LogP contribution in [-0.2, 0) is 6.42 Å². The van der Waals surface area contributed by atoms with Gasteiger partial charge in [0.2, 0.25) is 0 Å². The van der Waals surface area contributed by atoms with E-state index in [4.69, 9.17) is 0 Å². The van der Waals surface area contributed by atoms with Crippen molar-refractivity contribution in [1.82, 2.24) is 0 Å². The van der Waals surface area contributed by atoms with E-state index in [0.29, 0.717) is 5.56 Å². The third-order valence-electron chi connectivity index (χ3n) is 2.11. The van der Waals surface area contributed by atoms with Crippen LogP contribution in [0.25, 0.3) is 6.08 Å². The lowest BCUT2D eigenvalue weighted by atomic mass is 10.1. The molecular formula is C12H14FI. The Morgan fingerprint density at radius 1 is 1.36 bits per heavy atom. The lowest BCUT2D eigenvalue weighted by Gasteiger charge is -2.05. The summed E-state index contributed by atoms with van der Waals surface area (Å²) < 4.78 is 14.5. The van der Waals surface area contributed by atoms with Crippen molar-refractivity contribution in [3.05, 3.63) is 38.7 Å². The Morgan fingerprint density at radius 2 is 2.07 bits per heavy atom. The third-order valence-corrected chi connectivity index (χ3v) is 3.27. The van der Waals surface area contributed by atoms with Crippen LogP contribution in [0.5, 0.6) is 0 Å². The second-order valence-corrected chi connectivity index (χ2v) is 4.18. The third kappa shape index (κ3) is 2.56. The highest BCUT2D eigenvalue weighted by atomic mass is 127. The van der Waals surface area contributed by atoms with Crippen LogP contribution < -0.4 is 0 Å². The molecule has 0 aromatic heterocycles. The molecule has 0 saturated heterocycles. The SMILES string of the molecule is CCC=Cc1ccc(CC)c(I)c1F. The Labute approximate surface area is 98.4 Å². The maximum atomic E-state index is 13.7. The minimum atomic E-state index is -0.0883. The minimum Gasteiger partial charge on any atom is -0.205 e. The first kappa shape index (κ1) is 11.7. The molecule has 2 heteroatoms. The second kappa shape index (κ2) is 5.49. The Bertz CT molecular complexity index is 342. The summed E-state index contributed by atoms with van der Waals surface area (Å²) >= 11 is 2.07. The molecular weight excluding hydrogens is 290 g/mol. The van der Waals surface area contributed by atoms with Crippen molar-refractivity contribution >= 4 is 28.7 Å². The summed E-state index contributed by atoms with van der Waals surface area (Å²) in [4.78, 5) is 0. The van der Waals surface area contributed by atoms with Gasteiger partial charge in [0.15, 0.2) is 0 Å². The number of benzene rings is 1. The monoisotopic (exact) mass is 304 g/mol. The van der Waals surface area contributed by atoms with Gasteiger partial charge in [0.25, 0.3) is 0 Å². The van der Waals surface area contributed by atoms with Crippen LogP contribution in [0.2, 0.25) is 0 Å². The molecule has 0 aliphatic carbocycles. The van der Waals surface area contributed by atoms with Crippen molar-refractivity contribution in [1.29, 1.82) is 0 Å². The van der Waals surface area contributed by atoms with Crippen LogP contribution in [-0.4, -0.2) is 0 Å². The Kier molecular flexibility index (Phi) is 4.58. The first-order chi connectivity index (χ1) is 6.70. The van der Waals surface area contributed by atoms with E-state index < -0.39 is 0 Å². The van der Waals surface area contributed by atoms with Gasteiger partial charge >= 0.3 is 0 Å². The molecule has 0 bridgehead atoms. The molecule has 0 heterocycles. The average molecular weight is 304 g/mol. The molecule has 0 amide bonds. The van der Waals surface area contributed by atoms with Crippen LogP contribution in [0.15, 0.2) is 18.2 Å². The van der Waals surface area contributed by atoms with Gasteiger partial charge in [0.1, 0.15) is 5.82 Å². The molecule has 0 radical (unpaired) electrons. The summed E-state index contributed by atoms with van der Waals surface area (Å²) in [5, 5.41) is 0. The van der Waals surface area contributed by atoms with Crippen LogP contribution in [0.4, 0.5) is 4.39 Å². The Balaban J connectivity index is 3.10. The number of halogens is 2. The quantitative estimate of drug-likeness (QED) is 0.725. The van der Waals surface area contributed by atoms with Gasteiger partial charge in [-0.1, -0.05) is 38.1 Å². The predicted molar refractivity (Wildman–Crippen MR) is 67.8 cm³/mol. The van der Waals surface area contributed by atoms with Gasteiger partial charge in [-0.05, 0) is 41.0 Å². The molecule has 0 N–H and O–H groups in total. The van der Waals surface area contributed by atoms with Crippen LogP contribution in [0.3, 0.4) is 0 Å². The van der Waals surface area contributed by atoms with Gasteiger partial charge in [-0.2, -0.15) is 0 Å². The summed E-state index contributed by atoms with van der Waals surface area (Å²) in [5.74, 6) is -0.0883. The van der Waals surface area contributed by atoms with Crippen LogP contribution in [0, 0.1) is 9.39 Å². The summed E-state index contributed by atoms with van der Waals surface area (Å²) in [7, 11) is 0. The Hall–Kier alpha value is -0.380. The van der Waals surface area contributed by atoms with E-state index in [-0.39, 0.29) is 5.82 Å². The predicted octanol–water partition coefficient (Wildman–Crippen LogP) is 4.42. The van der Waals surface area contributed by atoms with Crippen molar-refractivity contribution in [2.24, 2.45) is 0 Å². The molecule has 0 saturated carbocycles. The van der Waals surface area contributed by atoms with Crippen molar-refractivity contribution in [3.8, 4) is 0 Å². The maximum Gasteiger partial charge on any atom is 0.143 e. The van der Waals surface area contributed by atoms with Crippen LogP contribution >= 0.6 is 22.6 Å². The fourth-order valence-corrected chi connectivity index (χ4v) is 2.12.